The molecule has 0 atom stereocenters. The van der Waals surface area contributed by atoms with Crippen LogP contribution in [0.2, 0.25) is 0 Å². The summed E-state index contributed by atoms with van der Waals surface area (Å²) < 4.78 is 0. The Labute approximate surface area is 145 Å². The third-order valence-corrected chi connectivity index (χ3v) is 3.74. The van der Waals surface area contributed by atoms with Gasteiger partial charge in [0.2, 0.25) is 0 Å². The monoisotopic (exact) mass is 337 g/mol. The number of aromatic nitrogens is 2. The number of fused-ring (bicyclic) bond motifs is 1. The van der Waals surface area contributed by atoms with E-state index in [0.717, 1.165) is 10.9 Å². The minimum Gasteiger partial charge on any atom is -0.359 e. The largest absolute Gasteiger partial charge is 0.359 e. The van der Waals surface area contributed by atoms with Gasteiger partial charge in [0.15, 0.2) is 0 Å². The van der Waals surface area contributed by atoms with Gasteiger partial charge in [0, 0.05) is 37.4 Å². The molecule has 2 heterocycles. The van der Waals surface area contributed by atoms with Gasteiger partial charge in [-0.15, -0.1) is 0 Å². The molecule has 0 saturated carbocycles. The highest BCUT2D eigenvalue weighted by Crippen LogP contribution is 2.22. The first-order chi connectivity index (χ1) is 12.0. The maximum absolute atomic E-state index is 12.5. The number of pyridine rings is 1. The fourth-order valence-electron chi connectivity index (χ4n) is 2.42. The number of H-pyrrole nitrogens is 1. The van der Waals surface area contributed by atoms with Crippen molar-refractivity contribution >= 4 is 28.5 Å². The van der Waals surface area contributed by atoms with Crippen LogP contribution in [-0.4, -0.2) is 40.9 Å². The molecule has 25 heavy (non-hydrogen) atoms. The zero-order valence-corrected chi connectivity index (χ0v) is 14.0. The Morgan fingerprint density at radius 3 is 2.84 bits per heavy atom. The third kappa shape index (κ3) is 3.77. The molecular formula is C18H19N5O2. The lowest BCUT2D eigenvalue weighted by Gasteiger charge is -2.12. The van der Waals surface area contributed by atoms with Gasteiger partial charge in [-0.1, -0.05) is 12.1 Å². The number of rotatable bonds is 4. The average Bonchev–Trinajstić information content (AvgIpc) is 3.09. The zero-order chi connectivity index (χ0) is 17.8. The van der Waals surface area contributed by atoms with E-state index in [-0.39, 0.29) is 18.5 Å². The smallest absolute Gasteiger partial charge is 0.317 e. The molecular weight excluding hydrogens is 318 g/mol. The number of amides is 3. The van der Waals surface area contributed by atoms with E-state index in [9.17, 15) is 9.59 Å². The molecule has 0 spiro atoms. The summed E-state index contributed by atoms with van der Waals surface area (Å²) >= 11 is 0. The van der Waals surface area contributed by atoms with Crippen molar-refractivity contribution in [3.05, 3.63) is 60.0 Å². The number of aromatic amines is 1. The van der Waals surface area contributed by atoms with E-state index in [1.807, 2.05) is 30.5 Å². The van der Waals surface area contributed by atoms with Gasteiger partial charge in [0.05, 0.1) is 23.4 Å². The fourth-order valence-corrected chi connectivity index (χ4v) is 2.42. The van der Waals surface area contributed by atoms with Crippen molar-refractivity contribution in [1.82, 2.24) is 20.2 Å². The van der Waals surface area contributed by atoms with Gasteiger partial charge in [-0.05, 0) is 24.3 Å². The number of urea groups is 1. The van der Waals surface area contributed by atoms with Gasteiger partial charge in [-0.3, -0.25) is 9.78 Å². The van der Waals surface area contributed by atoms with Gasteiger partial charge in [0.25, 0.3) is 5.91 Å². The zero-order valence-electron chi connectivity index (χ0n) is 14.0. The first kappa shape index (κ1) is 16.5. The molecule has 0 saturated heterocycles. The summed E-state index contributed by atoms with van der Waals surface area (Å²) in [6, 6.07) is 10.7. The molecule has 0 bridgehead atoms. The van der Waals surface area contributed by atoms with Gasteiger partial charge >= 0.3 is 6.03 Å². The fraction of sp³-hybridized carbons (Fsp3) is 0.167. The Balaban J connectivity index is 1.73. The lowest BCUT2D eigenvalue weighted by atomic mass is 10.2. The molecule has 2 aromatic heterocycles. The van der Waals surface area contributed by atoms with Gasteiger partial charge in [0.1, 0.15) is 0 Å². The highest BCUT2D eigenvalue weighted by Gasteiger charge is 2.11. The van der Waals surface area contributed by atoms with Crippen LogP contribution >= 0.6 is 0 Å². The number of para-hydroxylation sites is 1. The highest BCUT2D eigenvalue weighted by atomic mass is 16.2. The summed E-state index contributed by atoms with van der Waals surface area (Å²) in [6.07, 6.45) is 3.39. The van der Waals surface area contributed by atoms with Crippen LogP contribution in [0.4, 0.5) is 10.5 Å². The van der Waals surface area contributed by atoms with Crippen molar-refractivity contribution in [2.45, 2.75) is 6.54 Å². The maximum atomic E-state index is 12.5. The average molecular weight is 337 g/mol. The summed E-state index contributed by atoms with van der Waals surface area (Å²) in [5, 5.41) is 6.65. The maximum Gasteiger partial charge on any atom is 0.317 e. The van der Waals surface area contributed by atoms with Crippen LogP contribution in [0.3, 0.4) is 0 Å². The molecule has 3 N–H and O–H groups in total. The number of hydrogen-bond donors (Lipinski definition) is 3. The van der Waals surface area contributed by atoms with Crippen molar-refractivity contribution in [2.24, 2.45) is 0 Å². The number of benzene rings is 1. The number of anilines is 1. The summed E-state index contributed by atoms with van der Waals surface area (Å²) in [4.78, 5) is 32.9. The molecule has 7 nitrogen and oxygen atoms in total. The molecule has 0 aliphatic heterocycles. The van der Waals surface area contributed by atoms with Gasteiger partial charge in [-0.2, -0.15) is 0 Å². The molecule has 0 aliphatic rings. The van der Waals surface area contributed by atoms with Crippen LogP contribution in [0.1, 0.15) is 16.1 Å². The van der Waals surface area contributed by atoms with Crippen molar-refractivity contribution in [1.29, 1.82) is 0 Å². The Morgan fingerprint density at radius 1 is 1.20 bits per heavy atom. The summed E-state index contributed by atoms with van der Waals surface area (Å²) in [5.74, 6) is -0.232. The van der Waals surface area contributed by atoms with Crippen LogP contribution in [0, 0.1) is 0 Å². The normalized spacial score (nSPS) is 10.5. The number of nitrogens with one attached hydrogen (secondary N) is 3. The number of hydrogen-bond acceptors (Lipinski definition) is 3. The predicted molar refractivity (Wildman–Crippen MR) is 96.4 cm³/mol. The Morgan fingerprint density at radius 2 is 2.04 bits per heavy atom. The molecule has 128 valence electrons. The molecule has 0 fully saturated rings. The van der Waals surface area contributed by atoms with E-state index in [1.54, 1.807) is 32.4 Å². The number of carbonyl (C=O) groups is 2. The SMILES string of the molecule is CN(C)C(=O)NCc1cc(C(=O)Nc2cccc3cc[nH]c23)ccn1. The summed E-state index contributed by atoms with van der Waals surface area (Å²) in [6.45, 7) is 0.254. The first-order valence-electron chi connectivity index (χ1n) is 7.82. The second kappa shape index (κ2) is 7.04. The Hall–Kier alpha value is -3.35. The second-order valence-electron chi connectivity index (χ2n) is 5.79. The highest BCUT2D eigenvalue weighted by molar-refractivity contribution is 6.08. The minimum absolute atomic E-state index is 0.213. The summed E-state index contributed by atoms with van der Waals surface area (Å²) in [7, 11) is 3.32. The van der Waals surface area contributed by atoms with Crippen LogP contribution < -0.4 is 10.6 Å². The number of carbonyl (C=O) groups excluding carboxylic acids is 2. The Kier molecular flexibility index (Phi) is 4.65. The van der Waals surface area contributed by atoms with E-state index in [0.29, 0.717) is 16.9 Å². The molecule has 0 radical (unpaired) electrons. The molecule has 3 rings (SSSR count). The molecule has 1 aromatic carbocycles. The van der Waals surface area contributed by atoms with Crippen molar-refractivity contribution in [3.8, 4) is 0 Å². The van der Waals surface area contributed by atoms with Crippen LogP contribution in [-0.2, 0) is 6.54 Å². The van der Waals surface area contributed by atoms with E-state index in [2.05, 4.69) is 20.6 Å². The topological polar surface area (TPSA) is 90.1 Å². The van der Waals surface area contributed by atoms with Gasteiger partial charge < -0.3 is 20.5 Å². The molecule has 7 heteroatoms. The van der Waals surface area contributed by atoms with Crippen molar-refractivity contribution in [3.63, 3.8) is 0 Å². The first-order valence-corrected chi connectivity index (χ1v) is 7.82. The van der Waals surface area contributed by atoms with Crippen LogP contribution in [0.5, 0.6) is 0 Å². The predicted octanol–water partition coefficient (Wildman–Crippen LogP) is 2.59. The van der Waals surface area contributed by atoms with Crippen molar-refractivity contribution in [2.75, 3.05) is 19.4 Å². The van der Waals surface area contributed by atoms with E-state index in [1.165, 1.54) is 4.90 Å². The minimum atomic E-state index is -0.232. The lowest BCUT2D eigenvalue weighted by molar-refractivity contribution is 0.102. The molecule has 3 aromatic rings. The van der Waals surface area contributed by atoms with E-state index < -0.39 is 0 Å². The van der Waals surface area contributed by atoms with Crippen LogP contribution in [0.25, 0.3) is 10.9 Å². The van der Waals surface area contributed by atoms with E-state index >= 15 is 0 Å². The van der Waals surface area contributed by atoms with Gasteiger partial charge in [-0.25, -0.2) is 4.79 Å². The molecule has 0 aliphatic carbocycles. The van der Waals surface area contributed by atoms with Crippen molar-refractivity contribution < 1.29 is 9.59 Å². The standard InChI is InChI=1S/C18H19N5O2/c1-23(2)18(25)21-11-14-10-13(7-8-19-14)17(24)22-15-5-3-4-12-6-9-20-16(12)15/h3-10,20H,11H2,1-2H3,(H,21,25)(H,22,24). The molecule has 3 amide bonds. The lowest BCUT2D eigenvalue weighted by Crippen LogP contribution is -2.34. The van der Waals surface area contributed by atoms with Crippen LogP contribution in [0.15, 0.2) is 48.8 Å². The third-order valence-electron chi connectivity index (χ3n) is 3.74. The van der Waals surface area contributed by atoms with E-state index in [4.69, 9.17) is 0 Å². The summed E-state index contributed by atoms with van der Waals surface area (Å²) in [5.41, 5.74) is 2.68. The Bertz CT molecular complexity index is 916. The quantitative estimate of drug-likeness (QED) is 0.683. The molecule has 0 unspecified atom stereocenters. The second-order valence-corrected chi connectivity index (χ2v) is 5.79. The number of nitrogens with zero attached hydrogens (tertiary/aromatic N) is 2.